The number of rotatable bonds is 9. The van der Waals surface area contributed by atoms with E-state index in [1.807, 2.05) is 6.92 Å². The fourth-order valence-electron chi connectivity index (χ4n) is 2.73. The first kappa shape index (κ1) is 22.4. The molecule has 1 saturated heterocycles. The molecule has 9 heteroatoms. The molecule has 0 unspecified atom stereocenters. The highest BCUT2D eigenvalue weighted by atomic mass is 32.2. The van der Waals surface area contributed by atoms with E-state index in [1.165, 1.54) is 18.2 Å². The van der Waals surface area contributed by atoms with E-state index in [0.29, 0.717) is 18.1 Å². The first-order chi connectivity index (χ1) is 15.0. The lowest BCUT2D eigenvalue weighted by atomic mass is 10.2. The van der Waals surface area contributed by atoms with Crippen LogP contribution in [0.3, 0.4) is 0 Å². The lowest BCUT2D eigenvalue weighted by molar-refractivity contribution is -0.125. The number of nitrogens with one attached hydrogen (secondary N) is 1. The van der Waals surface area contributed by atoms with Gasteiger partial charge in [0.1, 0.15) is 17.3 Å². The summed E-state index contributed by atoms with van der Waals surface area (Å²) in [7, 11) is 0. The van der Waals surface area contributed by atoms with Crippen molar-refractivity contribution in [3.05, 3.63) is 64.8 Å². The standard InChI is InChI=1S/C22H21FN2O5S/c1-2-29-16-7-9-17(10-8-16)30-14-20(26)24-11-12-25-21(27)19(31-22(25)28)13-15-5-3-4-6-18(15)23/h3-10,13H,2,11-12,14H2,1H3,(H,24,26)/b19-13-. The van der Waals surface area contributed by atoms with E-state index in [4.69, 9.17) is 9.47 Å². The molecule has 7 nitrogen and oxygen atoms in total. The van der Waals surface area contributed by atoms with Crippen LogP contribution in [0.1, 0.15) is 12.5 Å². The van der Waals surface area contributed by atoms with Gasteiger partial charge in [0, 0.05) is 18.7 Å². The van der Waals surface area contributed by atoms with Crippen LogP contribution >= 0.6 is 11.8 Å². The molecule has 1 fully saturated rings. The number of hydrogen-bond donors (Lipinski definition) is 1. The molecule has 162 valence electrons. The first-order valence-electron chi connectivity index (χ1n) is 9.60. The minimum atomic E-state index is -0.516. The summed E-state index contributed by atoms with van der Waals surface area (Å²) in [5.41, 5.74) is 0.229. The number of thioether (sulfide) groups is 1. The molecule has 31 heavy (non-hydrogen) atoms. The SMILES string of the molecule is CCOc1ccc(OCC(=O)NCCN2C(=O)S/C(=C\c3ccccc3F)C2=O)cc1. The zero-order valence-electron chi connectivity index (χ0n) is 16.8. The van der Waals surface area contributed by atoms with Crippen LogP contribution in [-0.2, 0) is 9.59 Å². The van der Waals surface area contributed by atoms with E-state index in [-0.39, 0.29) is 36.1 Å². The molecule has 1 N–H and O–H groups in total. The molecule has 0 spiro atoms. The third-order valence-electron chi connectivity index (χ3n) is 4.23. The van der Waals surface area contributed by atoms with Gasteiger partial charge in [-0.15, -0.1) is 0 Å². The van der Waals surface area contributed by atoms with Crippen LogP contribution in [0.2, 0.25) is 0 Å². The minimum Gasteiger partial charge on any atom is -0.494 e. The molecule has 2 aromatic carbocycles. The van der Waals surface area contributed by atoms with E-state index >= 15 is 0 Å². The zero-order valence-corrected chi connectivity index (χ0v) is 17.6. The van der Waals surface area contributed by atoms with Crippen molar-refractivity contribution >= 4 is 34.9 Å². The second-order valence-corrected chi connectivity index (χ2v) is 7.39. The maximum absolute atomic E-state index is 13.8. The number of hydrogen-bond acceptors (Lipinski definition) is 6. The molecule has 1 aliphatic heterocycles. The summed E-state index contributed by atoms with van der Waals surface area (Å²) in [5, 5.41) is 2.14. The van der Waals surface area contributed by atoms with Gasteiger partial charge in [-0.2, -0.15) is 0 Å². The van der Waals surface area contributed by atoms with Gasteiger partial charge in [0.15, 0.2) is 6.61 Å². The number of ether oxygens (including phenoxy) is 2. The molecule has 1 aliphatic rings. The normalized spacial score (nSPS) is 14.8. The van der Waals surface area contributed by atoms with E-state index in [9.17, 15) is 18.8 Å². The Hall–Kier alpha value is -3.33. The average Bonchev–Trinajstić information content (AvgIpc) is 3.02. The molecular formula is C22H21FN2O5S. The second-order valence-electron chi connectivity index (χ2n) is 6.40. The van der Waals surface area contributed by atoms with Crippen molar-refractivity contribution in [2.75, 3.05) is 26.3 Å². The highest BCUT2D eigenvalue weighted by Gasteiger charge is 2.34. The summed E-state index contributed by atoms with van der Waals surface area (Å²) in [4.78, 5) is 37.7. The number of carbonyl (C=O) groups excluding carboxylic acids is 3. The summed E-state index contributed by atoms with van der Waals surface area (Å²) < 4.78 is 24.5. The van der Waals surface area contributed by atoms with Gasteiger partial charge in [-0.25, -0.2) is 4.39 Å². The Bertz CT molecular complexity index is 994. The molecule has 0 aromatic heterocycles. The maximum Gasteiger partial charge on any atom is 0.293 e. The molecule has 3 rings (SSSR count). The van der Waals surface area contributed by atoms with Crippen molar-refractivity contribution in [1.82, 2.24) is 10.2 Å². The lowest BCUT2D eigenvalue weighted by Gasteiger charge is -2.13. The molecule has 0 radical (unpaired) electrons. The van der Waals surface area contributed by atoms with Gasteiger partial charge in [0.2, 0.25) is 0 Å². The Kier molecular flexibility index (Phi) is 7.66. The van der Waals surface area contributed by atoms with Gasteiger partial charge in [-0.1, -0.05) is 18.2 Å². The maximum atomic E-state index is 13.8. The Morgan fingerprint density at radius 3 is 2.45 bits per heavy atom. The predicted octanol–water partition coefficient (Wildman–Crippen LogP) is 3.46. The van der Waals surface area contributed by atoms with Crippen molar-refractivity contribution in [3.8, 4) is 11.5 Å². The van der Waals surface area contributed by atoms with Crippen molar-refractivity contribution < 1.29 is 28.2 Å². The number of amides is 3. The van der Waals surface area contributed by atoms with Gasteiger partial charge in [-0.3, -0.25) is 19.3 Å². The number of imide groups is 1. The zero-order chi connectivity index (χ0) is 22.2. The lowest BCUT2D eigenvalue weighted by Crippen LogP contribution is -2.38. The van der Waals surface area contributed by atoms with Crippen LogP contribution < -0.4 is 14.8 Å². The van der Waals surface area contributed by atoms with Crippen LogP contribution in [0.15, 0.2) is 53.4 Å². The summed E-state index contributed by atoms with van der Waals surface area (Å²) in [6, 6.07) is 12.9. The van der Waals surface area contributed by atoms with Gasteiger partial charge in [0.25, 0.3) is 17.1 Å². The molecule has 0 bridgehead atoms. The topological polar surface area (TPSA) is 84.9 Å². The first-order valence-corrected chi connectivity index (χ1v) is 10.4. The molecule has 2 aromatic rings. The van der Waals surface area contributed by atoms with Crippen LogP contribution in [0.4, 0.5) is 9.18 Å². The number of nitrogens with zero attached hydrogens (tertiary/aromatic N) is 1. The molecule has 3 amide bonds. The summed E-state index contributed by atoms with van der Waals surface area (Å²) in [6.07, 6.45) is 1.35. The smallest absolute Gasteiger partial charge is 0.293 e. The van der Waals surface area contributed by atoms with E-state index in [2.05, 4.69) is 5.32 Å². The van der Waals surface area contributed by atoms with Crippen LogP contribution in [-0.4, -0.2) is 48.3 Å². The Morgan fingerprint density at radius 1 is 1.10 bits per heavy atom. The summed E-state index contributed by atoms with van der Waals surface area (Å²) in [6.45, 7) is 2.33. The van der Waals surface area contributed by atoms with Crippen LogP contribution in [0.25, 0.3) is 6.08 Å². The van der Waals surface area contributed by atoms with E-state index in [0.717, 1.165) is 16.7 Å². The predicted molar refractivity (Wildman–Crippen MR) is 115 cm³/mol. The van der Waals surface area contributed by atoms with Gasteiger partial charge >= 0.3 is 0 Å². The van der Waals surface area contributed by atoms with E-state index in [1.54, 1.807) is 36.4 Å². The second kappa shape index (κ2) is 10.6. The Morgan fingerprint density at radius 2 is 1.77 bits per heavy atom. The molecule has 0 aliphatic carbocycles. The summed E-state index contributed by atoms with van der Waals surface area (Å²) in [5.74, 6) is -0.154. The number of halogens is 1. The fourth-order valence-corrected chi connectivity index (χ4v) is 3.59. The largest absolute Gasteiger partial charge is 0.494 e. The van der Waals surface area contributed by atoms with E-state index < -0.39 is 17.0 Å². The number of benzene rings is 2. The van der Waals surface area contributed by atoms with Crippen LogP contribution in [0.5, 0.6) is 11.5 Å². The quantitative estimate of drug-likeness (QED) is 0.597. The number of carbonyl (C=O) groups is 3. The van der Waals surface area contributed by atoms with Crippen molar-refractivity contribution in [1.29, 1.82) is 0 Å². The summed E-state index contributed by atoms with van der Waals surface area (Å²) >= 11 is 0.740. The van der Waals surface area contributed by atoms with Gasteiger partial charge in [0.05, 0.1) is 11.5 Å². The van der Waals surface area contributed by atoms with Crippen molar-refractivity contribution in [2.24, 2.45) is 0 Å². The third-order valence-corrected chi connectivity index (χ3v) is 5.14. The highest BCUT2D eigenvalue weighted by Crippen LogP contribution is 2.32. The monoisotopic (exact) mass is 444 g/mol. The molecule has 0 saturated carbocycles. The van der Waals surface area contributed by atoms with Crippen molar-refractivity contribution in [3.63, 3.8) is 0 Å². The minimum absolute atomic E-state index is 0.00801. The van der Waals surface area contributed by atoms with Gasteiger partial charge in [-0.05, 0) is 55.1 Å². The average molecular weight is 444 g/mol. The Balaban J connectivity index is 1.45. The molecule has 1 heterocycles. The van der Waals surface area contributed by atoms with Crippen LogP contribution in [0, 0.1) is 5.82 Å². The highest BCUT2D eigenvalue weighted by molar-refractivity contribution is 8.18. The van der Waals surface area contributed by atoms with Crippen molar-refractivity contribution in [2.45, 2.75) is 6.92 Å². The fraction of sp³-hybridized carbons (Fsp3) is 0.227. The molecular weight excluding hydrogens is 423 g/mol. The third kappa shape index (κ3) is 6.08. The van der Waals surface area contributed by atoms with Gasteiger partial charge < -0.3 is 14.8 Å². The Labute approximate surface area is 183 Å². The molecule has 0 atom stereocenters.